The van der Waals surface area contributed by atoms with E-state index in [1.807, 2.05) is 6.92 Å². The highest BCUT2D eigenvalue weighted by Gasteiger charge is 2.21. The van der Waals surface area contributed by atoms with E-state index in [0.717, 1.165) is 11.1 Å². The van der Waals surface area contributed by atoms with Crippen LogP contribution in [0.3, 0.4) is 0 Å². The van der Waals surface area contributed by atoms with Crippen LogP contribution in [0.4, 0.5) is 0 Å². The molecule has 2 aromatic carbocycles. The van der Waals surface area contributed by atoms with E-state index in [1.165, 1.54) is 38.9 Å². The first kappa shape index (κ1) is 15.4. The lowest BCUT2D eigenvalue weighted by Crippen LogP contribution is -2.35. The molecule has 0 bridgehead atoms. The maximum atomic E-state index is 8.54. The van der Waals surface area contributed by atoms with E-state index < -0.39 is 0 Å². The Morgan fingerprint density at radius 3 is 2.38 bits per heavy atom. The van der Waals surface area contributed by atoms with Gasteiger partial charge in [-0.1, -0.05) is 37.6 Å². The standard InChI is InChI=1S/C23H28N/c1-14(2)20-11-16(4)18(6)21(13-20)23-22-10-15(3)8-9-19(22)12-17(5)24(23)7/h8-14H,1-7H3/q+1/i12D. The first-order valence-corrected chi connectivity index (χ1v) is 8.73. The van der Waals surface area contributed by atoms with Gasteiger partial charge in [0, 0.05) is 13.0 Å². The van der Waals surface area contributed by atoms with Crippen LogP contribution in [0.5, 0.6) is 0 Å². The SMILES string of the molecule is [2H]c1c(C)[n+](C)c(-c2cc(C(C)C)cc(C)c2C)c2cc(C)ccc12. The molecular formula is C23H28N+. The average molecular weight is 319 g/mol. The molecule has 0 radical (unpaired) electrons. The van der Waals surface area contributed by atoms with Gasteiger partial charge in [-0.3, -0.25) is 0 Å². The van der Waals surface area contributed by atoms with Crippen molar-refractivity contribution in [2.24, 2.45) is 7.05 Å². The van der Waals surface area contributed by atoms with Gasteiger partial charge in [-0.2, -0.15) is 4.57 Å². The van der Waals surface area contributed by atoms with E-state index in [-0.39, 0.29) is 0 Å². The molecule has 0 atom stereocenters. The average Bonchev–Trinajstić information content (AvgIpc) is 2.56. The number of hydrogen-bond acceptors (Lipinski definition) is 0. The maximum Gasteiger partial charge on any atom is 0.220 e. The Morgan fingerprint density at radius 1 is 1.00 bits per heavy atom. The summed E-state index contributed by atoms with van der Waals surface area (Å²) in [6, 6.07) is 11.7. The molecule has 1 heteroatoms. The second-order valence-electron chi connectivity index (χ2n) is 7.33. The lowest BCUT2D eigenvalue weighted by molar-refractivity contribution is -0.665. The van der Waals surface area contributed by atoms with Gasteiger partial charge in [0.25, 0.3) is 0 Å². The Kier molecular flexibility index (Phi) is 3.88. The Labute approximate surface area is 147 Å². The molecule has 3 rings (SSSR count). The Hall–Kier alpha value is -2.15. The predicted octanol–water partition coefficient (Wildman–Crippen LogP) is 5.69. The van der Waals surface area contributed by atoms with Gasteiger partial charge in [0.2, 0.25) is 5.69 Å². The lowest BCUT2D eigenvalue weighted by atomic mass is 9.90. The molecule has 0 spiro atoms. The van der Waals surface area contributed by atoms with Crippen molar-refractivity contribution in [3.05, 3.63) is 64.3 Å². The summed E-state index contributed by atoms with van der Waals surface area (Å²) in [7, 11) is 2.08. The molecule has 0 amide bonds. The largest absolute Gasteiger partial charge is 0.220 e. The summed E-state index contributed by atoms with van der Waals surface area (Å²) >= 11 is 0. The molecule has 0 aliphatic rings. The Bertz CT molecular complexity index is 984. The molecule has 124 valence electrons. The summed E-state index contributed by atoms with van der Waals surface area (Å²) in [5.41, 5.74) is 8.74. The number of pyridine rings is 1. The second-order valence-corrected chi connectivity index (χ2v) is 7.33. The van der Waals surface area contributed by atoms with Crippen molar-refractivity contribution in [2.75, 3.05) is 0 Å². The van der Waals surface area contributed by atoms with Gasteiger partial charge in [-0.15, -0.1) is 0 Å². The summed E-state index contributed by atoms with van der Waals surface area (Å²) in [6.07, 6.45) is 0. The van der Waals surface area contributed by atoms with Gasteiger partial charge in [0.1, 0.15) is 7.05 Å². The van der Waals surface area contributed by atoms with Crippen LogP contribution in [0.25, 0.3) is 22.0 Å². The van der Waals surface area contributed by atoms with Gasteiger partial charge in [0.05, 0.1) is 12.3 Å². The van der Waals surface area contributed by atoms with Crippen molar-refractivity contribution in [2.45, 2.75) is 47.5 Å². The molecule has 0 N–H and O–H groups in total. The quantitative estimate of drug-likeness (QED) is 0.534. The van der Waals surface area contributed by atoms with Crippen LogP contribution in [0.1, 0.15) is 49.1 Å². The van der Waals surface area contributed by atoms with Gasteiger partial charge in [-0.25, -0.2) is 0 Å². The molecule has 24 heavy (non-hydrogen) atoms. The van der Waals surface area contributed by atoms with Crippen molar-refractivity contribution in [1.82, 2.24) is 0 Å². The van der Waals surface area contributed by atoms with E-state index in [4.69, 9.17) is 1.37 Å². The molecule has 0 saturated carbocycles. The molecular weight excluding hydrogens is 290 g/mol. The van der Waals surface area contributed by atoms with Gasteiger partial charge in [-0.05, 0) is 60.9 Å². The van der Waals surface area contributed by atoms with Crippen LogP contribution in [0.2, 0.25) is 0 Å². The van der Waals surface area contributed by atoms with Gasteiger partial charge < -0.3 is 0 Å². The minimum Gasteiger partial charge on any atom is -0.198 e. The second kappa shape index (κ2) is 6.05. The van der Waals surface area contributed by atoms with Gasteiger partial charge >= 0.3 is 0 Å². The van der Waals surface area contributed by atoms with Crippen LogP contribution in [-0.2, 0) is 7.05 Å². The number of rotatable bonds is 2. The minimum absolute atomic E-state index is 0.493. The highest BCUT2D eigenvalue weighted by molar-refractivity contribution is 5.94. The van der Waals surface area contributed by atoms with E-state index in [2.05, 4.69) is 76.6 Å². The van der Waals surface area contributed by atoms with Crippen molar-refractivity contribution >= 4 is 10.8 Å². The molecule has 0 aliphatic heterocycles. The summed E-state index contributed by atoms with van der Waals surface area (Å²) in [5, 5.41) is 2.20. The fourth-order valence-corrected chi connectivity index (χ4v) is 3.38. The number of hydrogen-bond donors (Lipinski definition) is 0. The zero-order chi connectivity index (χ0) is 18.5. The van der Waals surface area contributed by atoms with Crippen LogP contribution < -0.4 is 4.57 Å². The van der Waals surface area contributed by atoms with Crippen LogP contribution in [-0.4, -0.2) is 0 Å². The van der Waals surface area contributed by atoms with E-state index in [0.29, 0.717) is 12.0 Å². The molecule has 1 aromatic heterocycles. The van der Waals surface area contributed by atoms with Crippen LogP contribution >= 0.6 is 0 Å². The van der Waals surface area contributed by atoms with Crippen molar-refractivity contribution < 1.29 is 5.94 Å². The zero-order valence-corrected chi connectivity index (χ0v) is 15.9. The predicted molar refractivity (Wildman–Crippen MR) is 104 cm³/mol. The summed E-state index contributed by atoms with van der Waals surface area (Å²) < 4.78 is 10.7. The molecule has 1 nitrogen and oxygen atoms in total. The Morgan fingerprint density at radius 2 is 1.71 bits per heavy atom. The highest BCUT2D eigenvalue weighted by Crippen LogP contribution is 2.33. The Balaban J connectivity index is 2.50. The third-order valence-electron chi connectivity index (χ3n) is 5.20. The van der Waals surface area contributed by atoms with Crippen LogP contribution in [0, 0.1) is 27.7 Å². The molecule has 0 fully saturated rings. The minimum atomic E-state index is 0.493. The lowest BCUT2D eigenvalue weighted by Gasteiger charge is -2.15. The van der Waals surface area contributed by atoms with Crippen LogP contribution in [0.15, 0.2) is 36.4 Å². The van der Waals surface area contributed by atoms with E-state index in [1.54, 1.807) is 0 Å². The van der Waals surface area contributed by atoms with Gasteiger partial charge in [0.15, 0.2) is 5.69 Å². The highest BCUT2D eigenvalue weighted by atomic mass is 14.9. The van der Waals surface area contributed by atoms with E-state index in [9.17, 15) is 0 Å². The molecule has 0 aliphatic carbocycles. The van der Waals surface area contributed by atoms with Crippen molar-refractivity contribution in [1.29, 1.82) is 0 Å². The number of aryl methyl sites for hydroxylation is 2. The summed E-state index contributed by atoms with van der Waals surface area (Å²) in [6.45, 7) is 13.1. The monoisotopic (exact) mass is 319 g/mol. The normalized spacial score (nSPS) is 12.1. The zero-order valence-electron chi connectivity index (χ0n) is 16.9. The third-order valence-corrected chi connectivity index (χ3v) is 5.20. The molecule has 1 heterocycles. The molecule has 3 aromatic rings. The maximum absolute atomic E-state index is 8.54. The summed E-state index contributed by atoms with van der Waals surface area (Å²) in [4.78, 5) is 0. The topological polar surface area (TPSA) is 3.88 Å². The number of nitrogens with zero attached hydrogens (tertiary/aromatic N) is 1. The molecule has 0 saturated heterocycles. The number of aromatic nitrogens is 1. The fraction of sp³-hybridized carbons (Fsp3) is 0.348. The van der Waals surface area contributed by atoms with Crippen molar-refractivity contribution in [3.8, 4) is 11.3 Å². The smallest absolute Gasteiger partial charge is 0.198 e. The fourth-order valence-electron chi connectivity index (χ4n) is 3.38. The third kappa shape index (κ3) is 2.73. The first-order valence-electron chi connectivity index (χ1n) is 9.23. The number of fused-ring (bicyclic) bond motifs is 1. The number of benzene rings is 2. The summed E-state index contributed by atoms with van der Waals surface area (Å²) in [5.74, 6) is 0.493. The molecule has 0 unspecified atom stereocenters. The van der Waals surface area contributed by atoms with E-state index >= 15 is 0 Å². The van der Waals surface area contributed by atoms with Crippen molar-refractivity contribution in [3.63, 3.8) is 0 Å². The first-order chi connectivity index (χ1) is 11.7.